The summed E-state index contributed by atoms with van der Waals surface area (Å²) in [4.78, 5) is 13.1. The molecule has 0 N–H and O–H groups in total. The van der Waals surface area contributed by atoms with Crippen molar-refractivity contribution in [3.63, 3.8) is 0 Å². The van der Waals surface area contributed by atoms with Gasteiger partial charge in [-0.3, -0.25) is 0 Å². The van der Waals surface area contributed by atoms with Gasteiger partial charge in [-0.05, 0) is 0 Å². The van der Waals surface area contributed by atoms with Crippen LogP contribution >= 0.6 is 34.0 Å². The fraction of sp³-hybridized carbons (Fsp3) is 0.200. The van der Waals surface area contributed by atoms with Crippen LogP contribution in [0, 0.1) is 0 Å². The van der Waals surface area contributed by atoms with Gasteiger partial charge in [0.1, 0.15) is 0 Å². The third-order valence-corrected chi connectivity index (χ3v) is 15.9. The molecule has 0 aliphatic rings. The SMILES string of the molecule is [CH3][Sn]([CH3])([CH3])[c]1ccc(-c2ccc(-c3cccs3)s2)s1. The molecule has 0 atom stereocenters. The molecule has 0 spiro atoms. The molecule has 3 rings (SSSR count). The molecular formula is C15H16S3Sn. The van der Waals surface area contributed by atoms with Gasteiger partial charge in [-0.2, -0.15) is 0 Å². The minimum atomic E-state index is -1.89. The zero-order valence-electron chi connectivity index (χ0n) is 11.3. The van der Waals surface area contributed by atoms with Gasteiger partial charge in [-0.15, -0.1) is 0 Å². The Kier molecular flexibility index (Phi) is 3.91. The number of hydrogen-bond donors (Lipinski definition) is 0. The summed E-state index contributed by atoms with van der Waals surface area (Å²) in [6.45, 7) is 0. The summed E-state index contributed by atoms with van der Waals surface area (Å²) < 4.78 is 1.66. The number of hydrogen-bond acceptors (Lipinski definition) is 3. The molecule has 98 valence electrons. The van der Waals surface area contributed by atoms with Crippen LogP contribution in [0.3, 0.4) is 0 Å². The van der Waals surface area contributed by atoms with E-state index in [0.717, 1.165) is 0 Å². The summed E-state index contributed by atoms with van der Waals surface area (Å²) in [5, 5.41) is 2.14. The van der Waals surface area contributed by atoms with E-state index in [9.17, 15) is 0 Å². The second-order valence-corrected chi connectivity index (χ2v) is 24.1. The van der Waals surface area contributed by atoms with Gasteiger partial charge in [-0.25, -0.2) is 0 Å². The van der Waals surface area contributed by atoms with Crippen LogP contribution in [-0.2, 0) is 0 Å². The first-order valence-electron chi connectivity index (χ1n) is 6.28. The zero-order chi connectivity index (χ0) is 13.5. The maximum absolute atomic E-state index is 2.48. The molecule has 0 saturated carbocycles. The molecule has 4 heteroatoms. The van der Waals surface area contributed by atoms with Crippen LogP contribution in [0.2, 0.25) is 14.8 Å². The fourth-order valence-corrected chi connectivity index (χ4v) is 10.1. The van der Waals surface area contributed by atoms with Crippen LogP contribution in [0.25, 0.3) is 19.5 Å². The normalized spacial score (nSPS) is 11.9. The van der Waals surface area contributed by atoms with Crippen LogP contribution in [0.5, 0.6) is 0 Å². The quantitative estimate of drug-likeness (QED) is 0.482. The van der Waals surface area contributed by atoms with Gasteiger partial charge < -0.3 is 0 Å². The Hall–Kier alpha value is -0.101. The van der Waals surface area contributed by atoms with E-state index in [1.165, 1.54) is 19.5 Å². The predicted molar refractivity (Wildman–Crippen MR) is 93.9 cm³/mol. The molecule has 0 aliphatic carbocycles. The van der Waals surface area contributed by atoms with E-state index in [2.05, 4.69) is 56.6 Å². The van der Waals surface area contributed by atoms with Crippen molar-refractivity contribution in [3.8, 4) is 19.5 Å². The van der Waals surface area contributed by atoms with Crippen LogP contribution in [0.4, 0.5) is 0 Å². The van der Waals surface area contributed by atoms with E-state index in [4.69, 9.17) is 0 Å². The average molecular weight is 411 g/mol. The Balaban J connectivity index is 1.93. The molecule has 0 bridgehead atoms. The molecular weight excluding hydrogens is 395 g/mol. The Labute approximate surface area is 130 Å². The van der Waals surface area contributed by atoms with Crippen molar-refractivity contribution in [1.82, 2.24) is 0 Å². The Morgan fingerprint density at radius 2 is 1.37 bits per heavy atom. The molecule has 0 amide bonds. The molecule has 0 saturated heterocycles. The third-order valence-electron chi connectivity index (χ3n) is 2.96. The van der Waals surface area contributed by atoms with Crippen molar-refractivity contribution in [2.45, 2.75) is 14.8 Å². The molecule has 0 unspecified atom stereocenters. The van der Waals surface area contributed by atoms with E-state index in [0.29, 0.717) is 0 Å². The van der Waals surface area contributed by atoms with Gasteiger partial charge in [0.25, 0.3) is 0 Å². The average Bonchev–Trinajstić information content (AvgIpc) is 3.10. The predicted octanol–water partition coefficient (Wildman–Crippen LogP) is 5.75. The van der Waals surface area contributed by atoms with Gasteiger partial charge >= 0.3 is 131 Å². The van der Waals surface area contributed by atoms with Crippen LogP contribution < -0.4 is 2.89 Å². The Bertz CT molecular complexity index is 668. The summed E-state index contributed by atoms with van der Waals surface area (Å²) in [6, 6.07) is 13.5. The van der Waals surface area contributed by atoms with Crippen molar-refractivity contribution in [2.24, 2.45) is 0 Å². The fourth-order valence-electron chi connectivity index (χ4n) is 1.89. The van der Waals surface area contributed by atoms with Crippen molar-refractivity contribution in [3.05, 3.63) is 41.8 Å². The first-order chi connectivity index (χ1) is 9.04. The molecule has 0 fully saturated rings. The van der Waals surface area contributed by atoms with Crippen LogP contribution in [0.1, 0.15) is 0 Å². The summed E-state index contributed by atoms with van der Waals surface area (Å²) >= 11 is 3.85. The molecule has 3 aromatic rings. The van der Waals surface area contributed by atoms with Gasteiger partial charge in [0, 0.05) is 0 Å². The second-order valence-electron chi connectivity index (χ2n) is 5.56. The molecule has 3 aromatic heterocycles. The van der Waals surface area contributed by atoms with Gasteiger partial charge in [-0.1, -0.05) is 0 Å². The molecule has 0 aromatic carbocycles. The first-order valence-corrected chi connectivity index (χ1v) is 18.8. The molecule has 3 heterocycles. The van der Waals surface area contributed by atoms with Gasteiger partial charge in [0.15, 0.2) is 0 Å². The first kappa shape index (κ1) is 13.9. The van der Waals surface area contributed by atoms with E-state index in [1.54, 1.807) is 2.89 Å². The minimum absolute atomic E-state index is 1.38. The Morgan fingerprint density at radius 3 is 1.95 bits per heavy atom. The Morgan fingerprint density at radius 1 is 0.737 bits per heavy atom. The topological polar surface area (TPSA) is 0 Å². The molecule has 0 nitrogen and oxygen atoms in total. The molecule has 0 radical (unpaired) electrons. The maximum atomic E-state index is 2.48. The van der Waals surface area contributed by atoms with Gasteiger partial charge in [0.05, 0.1) is 0 Å². The van der Waals surface area contributed by atoms with Crippen molar-refractivity contribution >= 4 is 55.3 Å². The summed E-state index contributed by atoms with van der Waals surface area (Å²) in [6.07, 6.45) is 0. The van der Waals surface area contributed by atoms with Crippen molar-refractivity contribution in [1.29, 1.82) is 0 Å². The van der Waals surface area contributed by atoms with Crippen LogP contribution in [-0.4, -0.2) is 18.4 Å². The number of rotatable bonds is 3. The summed E-state index contributed by atoms with van der Waals surface area (Å²) in [7, 11) is 0. The molecule has 0 aliphatic heterocycles. The third kappa shape index (κ3) is 2.99. The summed E-state index contributed by atoms with van der Waals surface area (Å²) in [5.41, 5.74) is 0. The van der Waals surface area contributed by atoms with E-state index >= 15 is 0 Å². The number of thiophene rings is 3. The van der Waals surface area contributed by atoms with Crippen molar-refractivity contribution in [2.75, 3.05) is 0 Å². The second kappa shape index (κ2) is 5.35. The van der Waals surface area contributed by atoms with E-state index in [-0.39, 0.29) is 0 Å². The summed E-state index contributed by atoms with van der Waals surface area (Å²) in [5.74, 6) is 0. The van der Waals surface area contributed by atoms with Crippen LogP contribution in [0.15, 0.2) is 41.8 Å². The van der Waals surface area contributed by atoms with E-state index in [1.807, 2.05) is 34.0 Å². The zero-order valence-corrected chi connectivity index (χ0v) is 16.6. The van der Waals surface area contributed by atoms with Gasteiger partial charge in [0.2, 0.25) is 0 Å². The monoisotopic (exact) mass is 412 g/mol. The molecule has 19 heavy (non-hydrogen) atoms. The van der Waals surface area contributed by atoms with E-state index < -0.39 is 18.4 Å². The van der Waals surface area contributed by atoms with Crippen molar-refractivity contribution < 1.29 is 0 Å². The standard InChI is InChI=1S/C12H7S3.3CH3.Sn/c1-3-9(13-7-1)11-5-6-12(15-11)10-4-2-8-14-10;;;;/h1-7H;3*1H3;.